The highest BCUT2D eigenvalue weighted by Gasteiger charge is 2.44. The molecule has 1 aliphatic rings. The molecule has 0 saturated carbocycles. The number of carbonyl (C=O) groups is 1. The SMILES string of the molecule is NC(=O)C1[C@@H](O)[C@@H](O)CN1OC[C@H](O)CCc1ccccc1. The van der Waals surface area contributed by atoms with E-state index in [1.54, 1.807) is 0 Å². The van der Waals surface area contributed by atoms with E-state index in [1.165, 1.54) is 0 Å². The molecule has 1 aromatic rings. The summed E-state index contributed by atoms with van der Waals surface area (Å²) in [5, 5.41) is 30.3. The second-order valence-corrected chi connectivity index (χ2v) is 5.48. The number of hydrogen-bond acceptors (Lipinski definition) is 6. The number of hydroxylamine groups is 2. The molecule has 1 aliphatic heterocycles. The smallest absolute Gasteiger partial charge is 0.239 e. The number of hydrogen-bond donors (Lipinski definition) is 4. The van der Waals surface area contributed by atoms with Crippen molar-refractivity contribution in [1.82, 2.24) is 5.06 Å². The number of benzene rings is 1. The Morgan fingerprint density at radius 2 is 2.05 bits per heavy atom. The second-order valence-electron chi connectivity index (χ2n) is 5.48. The van der Waals surface area contributed by atoms with Crippen molar-refractivity contribution in [2.75, 3.05) is 13.2 Å². The minimum atomic E-state index is -1.28. The van der Waals surface area contributed by atoms with Gasteiger partial charge in [-0.1, -0.05) is 30.3 Å². The summed E-state index contributed by atoms with van der Waals surface area (Å²) < 4.78 is 0. The Hall–Kier alpha value is -1.51. The van der Waals surface area contributed by atoms with Gasteiger partial charge in [0.15, 0.2) is 0 Å². The molecule has 7 heteroatoms. The van der Waals surface area contributed by atoms with Crippen LogP contribution in [-0.2, 0) is 16.1 Å². The largest absolute Gasteiger partial charge is 0.391 e. The molecular formula is C15H22N2O5. The van der Waals surface area contributed by atoms with E-state index >= 15 is 0 Å². The summed E-state index contributed by atoms with van der Waals surface area (Å²) in [6.07, 6.45) is -1.89. The molecule has 0 bridgehead atoms. The van der Waals surface area contributed by atoms with E-state index in [0.717, 1.165) is 10.6 Å². The fourth-order valence-electron chi connectivity index (χ4n) is 2.47. The van der Waals surface area contributed by atoms with E-state index in [1.807, 2.05) is 30.3 Å². The summed E-state index contributed by atoms with van der Waals surface area (Å²) in [5.74, 6) is -0.775. The van der Waals surface area contributed by atoms with E-state index in [2.05, 4.69) is 0 Å². The van der Waals surface area contributed by atoms with Crippen LogP contribution in [0.2, 0.25) is 0 Å². The predicted molar refractivity (Wildman–Crippen MR) is 78.4 cm³/mol. The van der Waals surface area contributed by atoms with Crippen molar-refractivity contribution < 1.29 is 25.0 Å². The molecule has 0 radical (unpaired) electrons. The van der Waals surface area contributed by atoms with Crippen LogP contribution in [0.15, 0.2) is 30.3 Å². The molecule has 4 atom stereocenters. The highest BCUT2D eigenvalue weighted by atomic mass is 16.7. The highest BCUT2D eigenvalue weighted by molar-refractivity contribution is 5.81. The molecule has 1 aromatic carbocycles. The number of aryl methyl sites for hydroxylation is 1. The van der Waals surface area contributed by atoms with Gasteiger partial charge in [-0.15, -0.1) is 0 Å². The Bertz CT molecular complexity index is 484. The molecule has 7 nitrogen and oxygen atoms in total. The topological polar surface area (TPSA) is 116 Å². The van der Waals surface area contributed by atoms with Crippen molar-refractivity contribution >= 4 is 5.91 Å². The van der Waals surface area contributed by atoms with E-state index < -0.39 is 30.3 Å². The molecule has 0 aliphatic carbocycles. The van der Waals surface area contributed by atoms with Gasteiger partial charge in [0.2, 0.25) is 5.91 Å². The Morgan fingerprint density at radius 1 is 1.36 bits per heavy atom. The van der Waals surface area contributed by atoms with Crippen molar-refractivity contribution in [1.29, 1.82) is 0 Å². The first-order valence-electron chi connectivity index (χ1n) is 7.26. The van der Waals surface area contributed by atoms with Crippen molar-refractivity contribution in [2.24, 2.45) is 5.73 Å². The molecule has 1 amide bonds. The van der Waals surface area contributed by atoms with E-state index in [9.17, 15) is 20.1 Å². The lowest BCUT2D eigenvalue weighted by Gasteiger charge is -2.23. The molecule has 0 aromatic heterocycles. The third-order valence-corrected chi connectivity index (χ3v) is 3.73. The average molecular weight is 310 g/mol. The number of rotatable bonds is 7. The van der Waals surface area contributed by atoms with Crippen LogP contribution in [0.3, 0.4) is 0 Å². The zero-order valence-electron chi connectivity index (χ0n) is 12.2. The Balaban J connectivity index is 1.78. The van der Waals surface area contributed by atoms with Gasteiger partial charge < -0.3 is 21.1 Å². The number of β-amino-alcohol motifs (C(OH)–C–C–N with tert-alkyl or cyclic N) is 1. The number of aliphatic hydroxyl groups is 3. The number of aliphatic hydroxyl groups excluding tert-OH is 3. The van der Waals surface area contributed by atoms with E-state index in [0.29, 0.717) is 12.8 Å². The fourth-order valence-corrected chi connectivity index (χ4v) is 2.47. The van der Waals surface area contributed by atoms with Gasteiger partial charge in [0.05, 0.1) is 25.4 Å². The van der Waals surface area contributed by atoms with Crippen LogP contribution in [-0.4, -0.2) is 63.8 Å². The highest BCUT2D eigenvalue weighted by Crippen LogP contribution is 2.19. The first kappa shape index (κ1) is 16.9. The van der Waals surface area contributed by atoms with Crippen molar-refractivity contribution in [3.8, 4) is 0 Å². The Labute approximate surface area is 128 Å². The number of carbonyl (C=O) groups excluding carboxylic acids is 1. The van der Waals surface area contributed by atoms with Gasteiger partial charge in [0.1, 0.15) is 12.1 Å². The number of nitrogens with zero attached hydrogens (tertiary/aromatic N) is 1. The average Bonchev–Trinajstić information content (AvgIpc) is 2.79. The second kappa shape index (κ2) is 7.66. The summed E-state index contributed by atoms with van der Waals surface area (Å²) in [6.45, 7) is -0.0593. The van der Waals surface area contributed by atoms with Crippen molar-refractivity contribution in [2.45, 2.75) is 37.2 Å². The van der Waals surface area contributed by atoms with Crippen molar-refractivity contribution in [3.05, 3.63) is 35.9 Å². The Morgan fingerprint density at radius 3 is 2.68 bits per heavy atom. The first-order chi connectivity index (χ1) is 10.5. The minimum Gasteiger partial charge on any atom is -0.391 e. The quantitative estimate of drug-likeness (QED) is 0.503. The molecule has 1 fully saturated rings. The Kier molecular flexibility index (Phi) is 5.87. The number of amides is 1. The first-order valence-corrected chi connectivity index (χ1v) is 7.26. The molecule has 122 valence electrons. The third-order valence-electron chi connectivity index (χ3n) is 3.73. The van der Waals surface area contributed by atoms with Crippen LogP contribution in [0.1, 0.15) is 12.0 Å². The summed E-state index contributed by atoms with van der Waals surface area (Å²) >= 11 is 0. The molecule has 0 spiro atoms. The van der Waals surface area contributed by atoms with Gasteiger partial charge in [-0.3, -0.25) is 9.63 Å². The molecule has 2 rings (SSSR count). The minimum absolute atomic E-state index is 0.0276. The lowest BCUT2D eigenvalue weighted by molar-refractivity contribution is -0.196. The predicted octanol–water partition coefficient (Wildman–Crippen LogP) is -1.20. The van der Waals surface area contributed by atoms with Crippen LogP contribution in [0.5, 0.6) is 0 Å². The van der Waals surface area contributed by atoms with Crippen LogP contribution in [0.4, 0.5) is 0 Å². The lowest BCUT2D eigenvalue weighted by Crippen LogP contribution is -2.47. The normalized spacial score (nSPS) is 27.0. The van der Waals surface area contributed by atoms with Gasteiger partial charge in [0, 0.05) is 0 Å². The molecule has 22 heavy (non-hydrogen) atoms. The monoisotopic (exact) mass is 310 g/mol. The van der Waals surface area contributed by atoms with Gasteiger partial charge in [0.25, 0.3) is 0 Å². The summed E-state index contributed by atoms with van der Waals surface area (Å²) in [5.41, 5.74) is 6.30. The lowest BCUT2D eigenvalue weighted by atomic mass is 10.1. The number of nitrogens with two attached hydrogens (primary N) is 1. The van der Waals surface area contributed by atoms with Crippen LogP contribution in [0, 0.1) is 0 Å². The van der Waals surface area contributed by atoms with Gasteiger partial charge in [-0.2, -0.15) is 5.06 Å². The maximum absolute atomic E-state index is 11.3. The summed E-state index contributed by atoms with van der Waals surface area (Å²) in [4.78, 5) is 16.6. The van der Waals surface area contributed by atoms with Crippen LogP contribution >= 0.6 is 0 Å². The van der Waals surface area contributed by atoms with Crippen LogP contribution in [0.25, 0.3) is 0 Å². The molecule has 1 unspecified atom stereocenters. The van der Waals surface area contributed by atoms with Gasteiger partial charge >= 0.3 is 0 Å². The standard InChI is InChI=1S/C15H22N2O5/c16-15(21)13-14(20)12(19)8-17(13)22-9-11(18)7-6-10-4-2-1-3-5-10/h1-5,11-14,18-20H,6-9H2,(H2,16,21)/t11-,12+,13?,14+/m1/s1. The maximum atomic E-state index is 11.3. The van der Waals surface area contributed by atoms with Crippen LogP contribution < -0.4 is 5.73 Å². The zero-order chi connectivity index (χ0) is 16.1. The van der Waals surface area contributed by atoms with E-state index in [4.69, 9.17) is 10.6 Å². The molecule has 1 saturated heterocycles. The maximum Gasteiger partial charge on any atom is 0.239 e. The number of primary amides is 1. The summed E-state index contributed by atoms with van der Waals surface area (Å²) in [6, 6.07) is 8.65. The van der Waals surface area contributed by atoms with Gasteiger partial charge in [-0.05, 0) is 18.4 Å². The van der Waals surface area contributed by atoms with E-state index in [-0.39, 0.29) is 13.2 Å². The molecule has 1 heterocycles. The zero-order valence-corrected chi connectivity index (χ0v) is 12.2. The van der Waals surface area contributed by atoms with Gasteiger partial charge in [-0.25, -0.2) is 0 Å². The van der Waals surface area contributed by atoms with Crippen molar-refractivity contribution in [3.63, 3.8) is 0 Å². The fraction of sp³-hybridized carbons (Fsp3) is 0.533. The third kappa shape index (κ3) is 4.25. The summed E-state index contributed by atoms with van der Waals surface area (Å²) in [7, 11) is 0. The molecule has 5 N–H and O–H groups in total. The molecular weight excluding hydrogens is 288 g/mol.